The van der Waals surface area contributed by atoms with E-state index in [1.54, 1.807) is 16.9 Å². The van der Waals surface area contributed by atoms with Crippen LogP contribution in [0.1, 0.15) is 63.7 Å². The smallest absolute Gasteiger partial charge is 0.257 e. The molecule has 3 heterocycles. The van der Waals surface area contributed by atoms with E-state index < -0.39 is 11.7 Å². The number of likely N-dealkylation sites (tertiary alicyclic amines) is 1. The van der Waals surface area contributed by atoms with Crippen molar-refractivity contribution in [1.29, 1.82) is 0 Å². The van der Waals surface area contributed by atoms with Gasteiger partial charge < -0.3 is 15.5 Å². The van der Waals surface area contributed by atoms with E-state index in [0.29, 0.717) is 12.1 Å². The molecule has 0 bridgehead atoms. The standard InChI is InChI=1S/C28H33FN6O2/c1-4-20(24-17-32-34(3)18-24)13-22-14-23(16-31-19(22)2)28(37)33-26-15-21(7-8-25(26)29)27(36)30-9-12-35-10-5-6-11-35/h7-8,13-18H,4-6,9-12H2,1-3H3,(H,30,36)(H,33,37)/b20-13+. The monoisotopic (exact) mass is 504 g/mol. The number of allylic oxidation sites excluding steroid dienone is 1. The summed E-state index contributed by atoms with van der Waals surface area (Å²) in [5.41, 5.74) is 4.14. The molecule has 0 radical (unpaired) electrons. The fourth-order valence-corrected chi connectivity index (χ4v) is 4.38. The fourth-order valence-electron chi connectivity index (χ4n) is 4.38. The summed E-state index contributed by atoms with van der Waals surface area (Å²) >= 11 is 0. The number of rotatable bonds is 9. The summed E-state index contributed by atoms with van der Waals surface area (Å²) in [6.45, 7) is 7.33. The molecule has 1 saturated heterocycles. The number of hydrogen-bond acceptors (Lipinski definition) is 5. The highest BCUT2D eigenvalue weighted by Crippen LogP contribution is 2.23. The van der Waals surface area contributed by atoms with Crippen molar-refractivity contribution in [3.05, 3.63) is 76.6 Å². The third kappa shape index (κ3) is 6.68. The van der Waals surface area contributed by atoms with Crippen LogP contribution in [0.15, 0.2) is 42.9 Å². The molecule has 0 unspecified atom stereocenters. The number of nitrogens with zero attached hydrogens (tertiary/aromatic N) is 4. The van der Waals surface area contributed by atoms with Crippen molar-refractivity contribution < 1.29 is 14.0 Å². The van der Waals surface area contributed by atoms with E-state index in [0.717, 1.165) is 48.4 Å². The number of benzene rings is 1. The molecule has 9 heteroatoms. The van der Waals surface area contributed by atoms with Crippen LogP contribution >= 0.6 is 0 Å². The van der Waals surface area contributed by atoms with Gasteiger partial charge in [-0.25, -0.2) is 4.39 Å². The Bertz CT molecular complexity index is 1310. The van der Waals surface area contributed by atoms with Gasteiger partial charge in [0.05, 0.1) is 17.4 Å². The summed E-state index contributed by atoms with van der Waals surface area (Å²) in [5.74, 6) is -1.43. The van der Waals surface area contributed by atoms with Crippen molar-refractivity contribution in [2.45, 2.75) is 33.1 Å². The minimum absolute atomic E-state index is 0.0560. The molecule has 2 N–H and O–H groups in total. The fraction of sp³-hybridized carbons (Fsp3) is 0.357. The molecule has 8 nitrogen and oxygen atoms in total. The Morgan fingerprint density at radius 2 is 1.86 bits per heavy atom. The average Bonchev–Trinajstić information content (AvgIpc) is 3.56. The number of nitrogens with one attached hydrogen (secondary N) is 2. The van der Waals surface area contributed by atoms with Crippen LogP contribution < -0.4 is 10.6 Å². The Hall–Kier alpha value is -3.85. The first-order valence-electron chi connectivity index (χ1n) is 12.6. The summed E-state index contributed by atoms with van der Waals surface area (Å²) < 4.78 is 16.3. The third-order valence-corrected chi connectivity index (χ3v) is 6.56. The molecule has 4 rings (SSSR count). The van der Waals surface area contributed by atoms with Gasteiger partial charge in [-0.2, -0.15) is 5.10 Å². The van der Waals surface area contributed by atoms with Gasteiger partial charge in [-0.3, -0.25) is 19.3 Å². The quantitative estimate of drug-likeness (QED) is 0.454. The molecular weight excluding hydrogens is 471 g/mol. The molecule has 3 aromatic rings. The minimum atomic E-state index is -0.619. The molecule has 1 aliphatic heterocycles. The zero-order chi connectivity index (χ0) is 26.4. The van der Waals surface area contributed by atoms with Crippen LogP contribution in [0.25, 0.3) is 11.6 Å². The maximum absolute atomic E-state index is 14.5. The van der Waals surface area contributed by atoms with Crippen molar-refractivity contribution in [2.75, 3.05) is 31.5 Å². The van der Waals surface area contributed by atoms with Crippen molar-refractivity contribution in [1.82, 2.24) is 25.0 Å². The predicted molar refractivity (Wildman–Crippen MR) is 143 cm³/mol. The molecule has 1 aliphatic rings. The second-order valence-electron chi connectivity index (χ2n) is 9.28. The first-order valence-corrected chi connectivity index (χ1v) is 12.6. The van der Waals surface area contributed by atoms with Crippen LogP contribution in [0, 0.1) is 12.7 Å². The predicted octanol–water partition coefficient (Wildman–Crippen LogP) is 4.29. The van der Waals surface area contributed by atoms with Crippen LogP contribution in [0.5, 0.6) is 0 Å². The summed E-state index contributed by atoms with van der Waals surface area (Å²) in [5, 5.41) is 9.70. The van der Waals surface area contributed by atoms with Gasteiger partial charge in [-0.1, -0.05) is 6.92 Å². The van der Waals surface area contributed by atoms with Gasteiger partial charge in [0.15, 0.2) is 0 Å². The molecule has 0 saturated carbocycles. The third-order valence-electron chi connectivity index (χ3n) is 6.56. The van der Waals surface area contributed by atoms with Gasteiger partial charge in [0, 0.05) is 49.4 Å². The SMILES string of the molecule is CC/C(=C\c1cc(C(=O)Nc2cc(C(=O)NCCN3CCCC3)ccc2F)cnc1C)c1cnn(C)c1. The number of aromatic nitrogens is 3. The maximum Gasteiger partial charge on any atom is 0.257 e. The first-order chi connectivity index (χ1) is 17.8. The second-order valence-corrected chi connectivity index (χ2v) is 9.28. The first kappa shape index (κ1) is 26.2. The Labute approximate surface area is 216 Å². The molecule has 0 aliphatic carbocycles. The lowest BCUT2D eigenvalue weighted by Crippen LogP contribution is -2.33. The largest absolute Gasteiger partial charge is 0.351 e. The number of hydrogen-bond donors (Lipinski definition) is 2. The average molecular weight is 505 g/mol. The molecule has 0 atom stereocenters. The maximum atomic E-state index is 14.5. The number of pyridine rings is 1. The summed E-state index contributed by atoms with van der Waals surface area (Å²) in [6.07, 6.45) is 10.3. The molecule has 0 spiro atoms. The number of carbonyl (C=O) groups excluding carboxylic acids is 2. The molecule has 1 fully saturated rings. The lowest BCUT2D eigenvalue weighted by molar-refractivity contribution is 0.0948. The van der Waals surface area contributed by atoms with E-state index in [4.69, 9.17) is 0 Å². The number of amides is 2. The summed E-state index contributed by atoms with van der Waals surface area (Å²) in [4.78, 5) is 32.3. The van der Waals surface area contributed by atoms with Gasteiger partial charge in [0.2, 0.25) is 0 Å². The lowest BCUT2D eigenvalue weighted by Gasteiger charge is -2.15. The molecule has 37 heavy (non-hydrogen) atoms. The Balaban J connectivity index is 1.47. The van der Waals surface area contributed by atoms with Crippen LogP contribution in [0.4, 0.5) is 10.1 Å². The van der Waals surface area contributed by atoms with Gasteiger partial charge in [0.1, 0.15) is 5.82 Å². The zero-order valence-corrected chi connectivity index (χ0v) is 21.6. The van der Waals surface area contributed by atoms with Gasteiger partial charge in [-0.15, -0.1) is 0 Å². The molecule has 1 aromatic carbocycles. The van der Waals surface area contributed by atoms with Gasteiger partial charge in [-0.05, 0) is 80.8 Å². The van der Waals surface area contributed by atoms with E-state index in [1.165, 1.54) is 37.2 Å². The topological polar surface area (TPSA) is 92.2 Å². The molecule has 2 amide bonds. The van der Waals surface area contributed by atoms with Crippen LogP contribution in [-0.4, -0.2) is 57.7 Å². The van der Waals surface area contributed by atoms with Crippen LogP contribution in [0.2, 0.25) is 0 Å². The van der Waals surface area contributed by atoms with Crippen molar-refractivity contribution in [3.8, 4) is 0 Å². The highest BCUT2D eigenvalue weighted by atomic mass is 19.1. The summed E-state index contributed by atoms with van der Waals surface area (Å²) in [7, 11) is 1.86. The van der Waals surface area contributed by atoms with Crippen molar-refractivity contribution >= 4 is 29.2 Å². The molecule has 194 valence electrons. The highest BCUT2D eigenvalue weighted by Gasteiger charge is 2.16. The Morgan fingerprint density at radius 3 is 2.57 bits per heavy atom. The molecular formula is C28H33FN6O2. The van der Waals surface area contributed by atoms with Crippen molar-refractivity contribution in [2.24, 2.45) is 7.05 Å². The second kappa shape index (κ2) is 11.9. The van der Waals surface area contributed by atoms with E-state index >= 15 is 0 Å². The van der Waals surface area contributed by atoms with E-state index in [-0.39, 0.29) is 17.2 Å². The van der Waals surface area contributed by atoms with E-state index in [9.17, 15) is 14.0 Å². The number of anilines is 1. The normalized spacial score (nSPS) is 14.1. The number of aryl methyl sites for hydroxylation is 2. The summed E-state index contributed by atoms with van der Waals surface area (Å²) in [6, 6.07) is 5.69. The minimum Gasteiger partial charge on any atom is -0.351 e. The van der Waals surface area contributed by atoms with Gasteiger partial charge in [0.25, 0.3) is 11.8 Å². The molecule has 2 aromatic heterocycles. The Kier molecular flexibility index (Phi) is 8.45. The highest BCUT2D eigenvalue weighted by molar-refractivity contribution is 6.05. The number of carbonyl (C=O) groups is 2. The van der Waals surface area contributed by atoms with Crippen LogP contribution in [-0.2, 0) is 7.05 Å². The lowest BCUT2D eigenvalue weighted by atomic mass is 10.0. The van der Waals surface area contributed by atoms with E-state index in [1.807, 2.05) is 26.2 Å². The van der Waals surface area contributed by atoms with Gasteiger partial charge >= 0.3 is 0 Å². The Morgan fingerprint density at radius 1 is 1.08 bits per heavy atom. The van der Waals surface area contributed by atoms with Crippen molar-refractivity contribution in [3.63, 3.8) is 0 Å². The van der Waals surface area contributed by atoms with Crippen LogP contribution in [0.3, 0.4) is 0 Å². The zero-order valence-electron chi connectivity index (χ0n) is 21.6. The number of halogens is 1. The van der Waals surface area contributed by atoms with E-state index in [2.05, 4.69) is 32.5 Å².